The van der Waals surface area contributed by atoms with Crippen LogP contribution in [0.1, 0.15) is 5.82 Å². The van der Waals surface area contributed by atoms with Crippen LogP contribution in [0.5, 0.6) is 0 Å². The highest BCUT2D eigenvalue weighted by atomic mass is 79.9. The van der Waals surface area contributed by atoms with E-state index in [9.17, 15) is 9.59 Å². The summed E-state index contributed by atoms with van der Waals surface area (Å²) in [6, 6.07) is 9.09. The summed E-state index contributed by atoms with van der Waals surface area (Å²) < 4.78 is 1.66. The Balaban J connectivity index is 2.16. The first-order valence-corrected chi connectivity index (χ1v) is 6.44. The van der Waals surface area contributed by atoms with E-state index in [-0.39, 0.29) is 18.0 Å². The van der Waals surface area contributed by atoms with Crippen LogP contribution >= 0.6 is 15.9 Å². The molecule has 0 aliphatic carbocycles. The van der Waals surface area contributed by atoms with Crippen LogP contribution in [0.15, 0.2) is 45.8 Å². The number of hydrogen-bond acceptors (Lipinski definition) is 3. The molecule has 1 aromatic heterocycles. The SMILES string of the molecule is Cc1ncc(Br)c(=O)n1CC(=O)Nc1ccccc1. The minimum Gasteiger partial charge on any atom is -0.325 e. The van der Waals surface area contributed by atoms with E-state index in [1.54, 1.807) is 19.1 Å². The number of anilines is 1. The number of nitrogens with zero attached hydrogens (tertiary/aromatic N) is 2. The standard InChI is InChI=1S/C13H12BrN3O2/c1-9-15-7-11(14)13(19)17(9)8-12(18)16-10-5-3-2-4-6-10/h2-7H,8H2,1H3,(H,16,18). The van der Waals surface area contributed by atoms with Crippen LogP contribution in [-0.4, -0.2) is 15.5 Å². The van der Waals surface area contributed by atoms with Crippen molar-refractivity contribution in [2.75, 3.05) is 5.32 Å². The van der Waals surface area contributed by atoms with E-state index in [0.29, 0.717) is 16.0 Å². The highest BCUT2D eigenvalue weighted by molar-refractivity contribution is 9.10. The second-order valence-corrected chi connectivity index (χ2v) is 4.81. The van der Waals surface area contributed by atoms with E-state index in [1.807, 2.05) is 18.2 Å². The van der Waals surface area contributed by atoms with Crippen molar-refractivity contribution >= 4 is 27.5 Å². The molecule has 0 saturated carbocycles. The van der Waals surface area contributed by atoms with E-state index >= 15 is 0 Å². The molecular formula is C13H12BrN3O2. The molecule has 5 nitrogen and oxygen atoms in total. The molecule has 1 N–H and O–H groups in total. The lowest BCUT2D eigenvalue weighted by Crippen LogP contribution is -2.30. The number of rotatable bonds is 3. The van der Waals surface area contributed by atoms with Crippen molar-refractivity contribution < 1.29 is 4.79 Å². The van der Waals surface area contributed by atoms with E-state index in [1.165, 1.54) is 10.8 Å². The van der Waals surface area contributed by atoms with Crippen LogP contribution in [0.25, 0.3) is 0 Å². The summed E-state index contributed by atoms with van der Waals surface area (Å²) >= 11 is 3.11. The van der Waals surface area contributed by atoms with Gasteiger partial charge in [-0.1, -0.05) is 18.2 Å². The number of aryl methyl sites for hydroxylation is 1. The van der Waals surface area contributed by atoms with Gasteiger partial charge in [0.2, 0.25) is 5.91 Å². The Morgan fingerprint density at radius 2 is 2.05 bits per heavy atom. The molecule has 0 atom stereocenters. The van der Waals surface area contributed by atoms with Crippen molar-refractivity contribution in [3.05, 3.63) is 57.2 Å². The second kappa shape index (κ2) is 5.79. The van der Waals surface area contributed by atoms with Gasteiger partial charge in [0.25, 0.3) is 5.56 Å². The first-order valence-electron chi connectivity index (χ1n) is 5.65. The molecule has 0 aliphatic heterocycles. The van der Waals surface area contributed by atoms with Gasteiger partial charge >= 0.3 is 0 Å². The molecule has 19 heavy (non-hydrogen) atoms. The minimum absolute atomic E-state index is 0.0635. The van der Waals surface area contributed by atoms with Crippen LogP contribution in [0.3, 0.4) is 0 Å². The normalized spacial score (nSPS) is 10.2. The zero-order chi connectivity index (χ0) is 13.8. The van der Waals surface area contributed by atoms with Crippen LogP contribution < -0.4 is 10.9 Å². The van der Waals surface area contributed by atoms with Crippen LogP contribution in [0, 0.1) is 6.92 Å². The Morgan fingerprint density at radius 1 is 1.37 bits per heavy atom. The summed E-state index contributed by atoms with van der Waals surface area (Å²) in [5, 5.41) is 2.72. The van der Waals surface area contributed by atoms with Gasteiger partial charge in [-0.3, -0.25) is 14.2 Å². The fourth-order valence-electron chi connectivity index (χ4n) is 1.60. The molecule has 0 bridgehead atoms. The van der Waals surface area contributed by atoms with Gasteiger partial charge in [0.05, 0.1) is 0 Å². The molecule has 0 aliphatic rings. The summed E-state index contributed by atoms with van der Waals surface area (Å²) in [7, 11) is 0. The van der Waals surface area contributed by atoms with Crippen molar-refractivity contribution in [2.24, 2.45) is 0 Å². The van der Waals surface area contributed by atoms with Crippen LogP contribution in [0.2, 0.25) is 0 Å². The average Bonchev–Trinajstić information content (AvgIpc) is 2.40. The Hall–Kier alpha value is -1.95. The lowest BCUT2D eigenvalue weighted by atomic mass is 10.3. The third-order valence-electron chi connectivity index (χ3n) is 2.56. The number of benzene rings is 1. The number of hydrogen-bond donors (Lipinski definition) is 1. The van der Waals surface area contributed by atoms with E-state index < -0.39 is 0 Å². The minimum atomic E-state index is -0.268. The van der Waals surface area contributed by atoms with Gasteiger partial charge in [-0.25, -0.2) is 4.98 Å². The summed E-state index contributed by atoms with van der Waals surface area (Å²) in [6.45, 7) is 1.62. The second-order valence-electron chi connectivity index (χ2n) is 3.96. The van der Waals surface area contributed by atoms with Crippen LogP contribution in [0.4, 0.5) is 5.69 Å². The molecule has 6 heteroatoms. The molecule has 1 aromatic carbocycles. The smallest absolute Gasteiger partial charge is 0.268 e. The number of carbonyl (C=O) groups is 1. The van der Waals surface area contributed by atoms with E-state index in [2.05, 4.69) is 26.2 Å². The Labute approximate surface area is 118 Å². The van der Waals surface area contributed by atoms with E-state index in [0.717, 1.165) is 0 Å². The fourth-order valence-corrected chi connectivity index (χ4v) is 1.92. The van der Waals surface area contributed by atoms with Crippen LogP contribution in [-0.2, 0) is 11.3 Å². The third-order valence-corrected chi connectivity index (χ3v) is 3.11. The molecule has 1 amide bonds. The molecule has 0 radical (unpaired) electrons. The summed E-state index contributed by atoms with van der Waals surface area (Å²) in [6.07, 6.45) is 1.43. The predicted octanol–water partition coefficient (Wildman–Crippen LogP) is 1.95. The monoisotopic (exact) mass is 321 g/mol. The lowest BCUT2D eigenvalue weighted by Gasteiger charge is -2.09. The largest absolute Gasteiger partial charge is 0.325 e. The van der Waals surface area contributed by atoms with Gasteiger partial charge in [0, 0.05) is 11.9 Å². The van der Waals surface area contributed by atoms with Crippen molar-refractivity contribution in [1.82, 2.24) is 9.55 Å². The van der Waals surface area contributed by atoms with Crippen molar-refractivity contribution in [2.45, 2.75) is 13.5 Å². The van der Waals surface area contributed by atoms with Gasteiger partial charge in [0.15, 0.2) is 0 Å². The van der Waals surface area contributed by atoms with Gasteiger partial charge in [-0.05, 0) is 35.0 Å². The highest BCUT2D eigenvalue weighted by Crippen LogP contribution is 2.06. The summed E-state index contributed by atoms with van der Waals surface area (Å²) in [4.78, 5) is 27.8. The summed E-state index contributed by atoms with van der Waals surface area (Å²) in [5.41, 5.74) is 0.428. The number of carbonyl (C=O) groups excluding carboxylic acids is 1. The quantitative estimate of drug-likeness (QED) is 0.939. The Morgan fingerprint density at radius 3 is 2.74 bits per heavy atom. The van der Waals surface area contributed by atoms with E-state index in [4.69, 9.17) is 0 Å². The zero-order valence-corrected chi connectivity index (χ0v) is 11.8. The van der Waals surface area contributed by atoms with Crippen molar-refractivity contribution in [3.8, 4) is 0 Å². The molecule has 2 rings (SSSR count). The van der Waals surface area contributed by atoms with Gasteiger partial charge in [0.1, 0.15) is 16.8 Å². The van der Waals surface area contributed by atoms with Gasteiger partial charge < -0.3 is 5.32 Å². The molecule has 0 fully saturated rings. The molecular weight excluding hydrogens is 310 g/mol. The first kappa shape index (κ1) is 13.5. The predicted molar refractivity (Wildman–Crippen MR) is 76.0 cm³/mol. The molecule has 2 aromatic rings. The maximum absolute atomic E-state index is 11.9. The zero-order valence-electron chi connectivity index (χ0n) is 10.3. The number of nitrogens with one attached hydrogen (secondary N) is 1. The number of amides is 1. The van der Waals surface area contributed by atoms with Gasteiger partial charge in [-0.15, -0.1) is 0 Å². The molecule has 1 heterocycles. The lowest BCUT2D eigenvalue weighted by molar-refractivity contribution is -0.116. The summed E-state index contributed by atoms with van der Waals surface area (Å²) in [5.74, 6) is 0.229. The topological polar surface area (TPSA) is 64.0 Å². The molecule has 0 unspecified atom stereocenters. The molecule has 0 spiro atoms. The van der Waals surface area contributed by atoms with Gasteiger partial charge in [-0.2, -0.15) is 0 Å². The number of aromatic nitrogens is 2. The molecule has 0 saturated heterocycles. The van der Waals surface area contributed by atoms with Crippen molar-refractivity contribution in [1.29, 1.82) is 0 Å². The fraction of sp³-hybridized carbons (Fsp3) is 0.154. The molecule has 98 valence electrons. The Bertz CT molecular complexity index is 653. The third kappa shape index (κ3) is 3.29. The first-order chi connectivity index (χ1) is 9.08. The number of para-hydroxylation sites is 1. The number of halogens is 1. The average molecular weight is 322 g/mol. The Kier molecular flexibility index (Phi) is 4.11. The maximum Gasteiger partial charge on any atom is 0.268 e. The highest BCUT2D eigenvalue weighted by Gasteiger charge is 2.10. The van der Waals surface area contributed by atoms with Crippen molar-refractivity contribution in [3.63, 3.8) is 0 Å². The maximum atomic E-state index is 11.9.